The summed E-state index contributed by atoms with van der Waals surface area (Å²) in [7, 11) is -1.71. The molecule has 0 saturated heterocycles. The van der Waals surface area contributed by atoms with Gasteiger partial charge in [0.2, 0.25) is 0 Å². The summed E-state index contributed by atoms with van der Waals surface area (Å²) in [5.41, 5.74) is 0. The van der Waals surface area contributed by atoms with Gasteiger partial charge in [-0.1, -0.05) is 0 Å². The van der Waals surface area contributed by atoms with Gasteiger partial charge in [0.25, 0.3) is 0 Å². The number of alkyl halides is 5. The molecule has 0 N–H and O–H groups in total. The Morgan fingerprint density at radius 3 is 1.60 bits per heavy atom. The van der Waals surface area contributed by atoms with Crippen LogP contribution in [0.1, 0.15) is 0 Å². The van der Waals surface area contributed by atoms with Gasteiger partial charge in [-0.15, -0.1) is 0 Å². The predicted octanol–water partition coefficient (Wildman–Crippen LogP) is 2.36. The third-order valence-electron chi connectivity index (χ3n) is 0.482. The van der Waals surface area contributed by atoms with E-state index in [9.17, 15) is 22.0 Å². The molecule has 60 valence electrons. The molecule has 8 heteroatoms. The molecule has 0 aromatic heterocycles. The van der Waals surface area contributed by atoms with Gasteiger partial charge in [0.15, 0.2) is 0 Å². The molecule has 0 aliphatic heterocycles. The SMILES string of the molecule is O=POC(F)(F)C(F)(F)F. The Morgan fingerprint density at radius 1 is 1.10 bits per heavy atom. The Balaban J connectivity index is 4.23. The number of halogens is 5. The van der Waals surface area contributed by atoms with Crippen LogP contribution in [-0.4, -0.2) is 12.3 Å². The average Bonchev–Trinajstić information content (AvgIpc) is 1.61. The number of hydrogen-bond acceptors (Lipinski definition) is 2. The van der Waals surface area contributed by atoms with Crippen molar-refractivity contribution in [1.82, 2.24) is 0 Å². The van der Waals surface area contributed by atoms with Crippen molar-refractivity contribution in [2.45, 2.75) is 12.3 Å². The van der Waals surface area contributed by atoms with E-state index in [0.717, 1.165) is 0 Å². The molecule has 0 bridgehead atoms. The molecule has 0 aromatic rings. The van der Waals surface area contributed by atoms with Gasteiger partial charge in [-0.2, -0.15) is 22.0 Å². The smallest absolute Gasteiger partial charge is 0.240 e. The molecule has 0 amide bonds. The maximum Gasteiger partial charge on any atom is 0.483 e. The van der Waals surface area contributed by atoms with Crippen molar-refractivity contribution in [3.05, 3.63) is 0 Å². The van der Waals surface area contributed by atoms with Crippen LogP contribution >= 0.6 is 8.69 Å². The summed E-state index contributed by atoms with van der Waals surface area (Å²) in [6.07, 6.45) is -11.2. The molecular formula is C2F5O2P. The second-order valence-corrected chi connectivity index (χ2v) is 1.51. The first kappa shape index (κ1) is 9.71. The Morgan fingerprint density at radius 2 is 1.50 bits per heavy atom. The van der Waals surface area contributed by atoms with Crippen LogP contribution in [0.4, 0.5) is 22.0 Å². The lowest BCUT2D eigenvalue weighted by molar-refractivity contribution is -0.358. The maximum atomic E-state index is 11.4. The minimum absolute atomic E-state index is 1.71. The largest absolute Gasteiger partial charge is 0.483 e. The summed E-state index contributed by atoms with van der Waals surface area (Å²) in [6.45, 7) is 0. The zero-order valence-electron chi connectivity index (χ0n) is 4.15. The fourth-order valence-electron chi connectivity index (χ4n) is 0.0986. The first-order valence-corrected chi connectivity index (χ1v) is 2.49. The lowest BCUT2D eigenvalue weighted by Gasteiger charge is -2.14. The topological polar surface area (TPSA) is 26.3 Å². The van der Waals surface area contributed by atoms with Gasteiger partial charge in [0.05, 0.1) is 0 Å². The highest BCUT2D eigenvalue weighted by atomic mass is 31.1. The summed E-state index contributed by atoms with van der Waals surface area (Å²) in [5.74, 6) is 0. The molecule has 0 saturated carbocycles. The summed E-state index contributed by atoms with van der Waals surface area (Å²) in [5, 5.41) is 0. The molecule has 0 unspecified atom stereocenters. The van der Waals surface area contributed by atoms with Crippen LogP contribution in [0.3, 0.4) is 0 Å². The minimum Gasteiger partial charge on any atom is -0.240 e. The second kappa shape index (κ2) is 2.75. The monoisotopic (exact) mass is 182 g/mol. The first-order valence-electron chi connectivity index (χ1n) is 1.76. The summed E-state index contributed by atoms with van der Waals surface area (Å²) < 4.78 is 67.5. The van der Waals surface area contributed by atoms with Gasteiger partial charge in [0, 0.05) is 0 Å². The van der Waals surface area contributed by atoms with E-state index < -0.39 is 21.0 Å². The third kappa shape index (κ3) is 2.15. The molecular weight excluding hydrogens is 182 g/mol. The predicted molar refractivity (Wildman–Crippen MR) is 19.7 cm³/mol. The molecule has 2 nitrogen and oxygen atoms in total. The molecule has 0 rings (SSSR count). The van der Waals surface area contributed by atoms with Crippen molar-refractivity contribution < 1.29 is 31.0 Å². The highest BCUT2D eigenvalue weighted by Gasteiger charge is 2.60. The van der Waals surface area contributed by atoms with E-state index in [-0.39, 0.29) is 0 Å². The Kier molecular flexibility index (Phi) is 2.67. The Hall–Kier alpha value is -0.290. The molecule has 0 aromatic carbocycles. The highest BCUT2D eigenvalue weighted by molar-refractivity contribution is 7.17. The van der Waals surface area contributed by atoms with E-state index in [1.54, 1.807) is 0 Å². The molecule has 0 aliphatic carbocycles. The van der Waals surface area contributed by atoms with E-state index in [1.165, 1.54) is 0 Å². The molecule has 0 atom stereocenters. The average molecular weight is 182 g/mol. The number of hydrogen-bond donors (Lipinski definition) is 0. The molecule has 0 radical (unpaired) electrons. The maximum absolute atomic E-state index is 11.4. The zero-order chi connectivity index (χ0) is 8.41. The number of rotatable bonds is 2. The van der Waals surface area contributed by atoms with Gasteiger partial charge >= 0.3 is 21.0 Å². The second-order valence-electron chi connectivity index (χ2n) is 1.18. The van der Waals surface area contributed by atoms with Gasteiger partial charge in [-0.25, -0.2) is 9.09 Å². The van der Waals surface area contributed by atoms with Crippen molar-refractivity contribution in [2.75, 3.05) is 0 Å². The third-order valence-corrected chi connectivity index (χ3v) is 0.786. The van der Waals surface area contributed by atoms with E-state index in [4.69, 9.17) is 4.57 Å². The van der Waals surface area contributed by atoms with Crippen molar-refractivity contribution in [1.29, 1.82) is 0 Å². The van der Waals surface area contributed by atoms with Gasteiger partial charge in [0.1, 0.15) is 0 Å². The quantitative estimate of drug-likeness (QED) is 0.483. The van der Waals surface area contributed by atoms with E-state index in [1.807, 2.05) is 0 Å². The summed E-state index contributed by atoms with van der Waals surface area (Å²) in [4.78, 5) is 0. The van der Waals surface area contributed by atoms with Crippen molar-refractivity contribution >= 4 is 8.69 Å². The normalized spacial score (nSPS) is 14.1. The van der Waals surface area contributed by atoms with Crippen LogP contribution in [0.5, 0.6) is 0 Å². The zero-order valence-corrected chi connectivity index (χ0v) is 5.05. The van der Waals surface area contributed by atoms with Crippen molar-refractivity contribution in [3.63, 3.8) is 0 Å². The summed E-state index contributed by atoms with van der Waals surface area (Å²) >= 11 is 0. The van der Waals surface area contributed by atoms with Crippen molar-refractivity contribution in [2.24, 2.45) is 0 Å². The highest BCUT2D eigenvalue weighted by Crippen LogP contribution is 2.38. The molecule has 0 fully saturated rings. The van der Waals surface area contributed by atoms with E-state index in [2.05, 4.69) is 4.52 Å². The Bertz CT molecular complexity index is 130. The molecule has 0 spiro atoms. The molecule has 0 aliphatic rings. The lowest BCUT2D eigenvalue weighted by atomic mass is 10.6. The van der Waals surface area contributed by atoms with Crippen LogP contribution in [0.2, 0.25) is 0 Å². The van der Waals surface area contributed by atoms with Gasteiger partial charge in [-0.05, 0) is 0 Å². The standard InChI is InChI=1S/C2F5O2P/c3-1(4,5)2(6,7)9-10-8. The Labute approximate surface area is 53.3 Å². The van der Waals surface area contributed by atoms with Crippen LogP contribution in [0.15, 0.2) is 0 Å². The molecule has 10 heavy (non-hydrogen) atoms. The fourth-order valence-corrected chi connectivity index (χ4v) is 0.296. The van der Waals surface area contributed by atoms with Gasteiger partial charge < -0.3 is 0 Å². The van der Waals surface area contributed by atoms with Crippen LogP contribution in [0.25, 0.3) is 0 Å². The van der Waals surface area contributed by atoms with Crippen LogP contribution in [-0.2, 0) is 9.09 Å². The van der Waals surface area contributed by atoms with Crippen LogP contribution in [0, 0.1) is 0 Å². The first-order chi connectivity index (χ1) is 4.31. The van der Waals surface area contributed by atoms with E-state index >= 15 is 0 Å². The van der Waals surface area contributed by atoms with E-state index in [0.29, 0.717) is 0 Å². The van der Waals surface area contributed by atoms with Gasteiger partial charge in [-0.3, -0.25) is 0 Å². The lowest BCUT2D eigenvalue weighted by Crippen LogP contribution is -2.36. The van der Waals surface area contributed by atoms with Crippen LogP contribution < -0.4 is 0 Å². The fraction of sp³-hybridized carbons (Fsp3) is 1.00. The summed E-state index contributed by atoms with van der Waals surface area (Å²) in [6, 6.07) is 0. The van der Waals surface area contributed by atoms with Crippen molar-refractivity contribution in [3.8, 4) is 0 Å². The molecule has 0 heterocycles. The minimum atomic E-state index is -5.82.